The molecule has 0 aromatic rings. The summed E-state index contributed by atoms with van der Waals surface area (Å²) in [6, 6.07) is 0.492. The summed E-state index contributed by atoms with van der Waals surface area (Å²) >= 11 is 0. The fourth-order valence-corrected chi connectivity index (χ4v) is 3.00. The first-order chi connectivity index (χ1) is 10.0. The second-order valence-electron chi connectivity index (χ2n) is 6.45. The van der Waals surface area contributed by atoms with Crippen molar-refractivity contribution >= 4 is 5.97 Å². The maximum Gasteiger partial charge on any atom is 0.327 e. The largest absolute Gasteiger partial charge is 0.465 e. The van der Waals surface area contributed by atoms with Gasteiger partial charge in [0.2, 0.25) is 0 Å². The van der Waals surface area contributed by atoms with Gasteiger partial charge < -0.3 is 15.0 Å². The summed E-state index contributed by atoms with van der Waals surface area (Å²) in [7, 11) is 2.13. The van der Waals surface area contributed by atoms with Crippen LogP contribution < -0.4 is 5.32 Å². The molecule has 4 heteroatoms. The van der Waals surface area contributed by atoms with E-state index in [2.05, 4.69) is 38.0 Å². The van der Waals surface area contributed by atoms with E-state index in [-0.39, 0.29) is 5.97 Å². The number of hydrogen-bond acceptors (Lipinski definition) is 4. The van der Waals surface area contributed by atoms with Crippen LogP contribution in [0.3, 0.4) is 0 Å². The summed E-state index contributed by atoms with van der Waals surface area (Å²) in [5.41, 5.74) is -0.511. The summed E-state index contributed by atoms with van der Waals surface area (Å²) in [6.07, 6.45) is 5.62. The molecule has 0 bridgehead atoms. The summed E-state index contributed by atoms with van der Waals surface area (Å²) in [5, 5.41) is 3.54. The maximum absolute atomic E-state index is 12.7. The minimum atomic E-state index is -0.511. The van der Waals surface area contributed by atoms with Crippen molar-refractivity contribution in [2.24, 2.45) is 5.92 Å². The Balaban J connectivity index is 2.85. The lowest BCUT2D eigenvalue weighted by Crippen LogP contribution is -2.62. The molecule has 1 N–H and O–H groups in total. The Labute approximate surface area is 130 Å². The van der Waals surface area contributed by atoms with E-state index in [1.807, 2.05) is 6.92 Å². The van der Waals surface area contributed by atoms with E-state index in [0.29, 0.717) is 18.6 Å². The number of hydrogen-bond donors (Lipinski definition) is 1. The highest BCUT2D eigenvalue weighted by atomic mass is 16.5. The van der Waals surface area contributed by atoms with Crippen molar-refractivity contribution in [1.82, 2.24) is 10.2 Å². The monoisotopic (exact) mass is 298 g/mol. The highest BCUT2D eigenvalue weighted by Crippen LogP contribution is 2.41. The second kappa shape index (κ2) is 8.74. The standard InChI is InChI=1S/C17H34N2O2/c1-6-9-14(4)19(5)13-17(15-10-11-15,18-12-7-2)16(20)21-8-3/h14-15,18H,6-13H2,1-5H3. The van der Waals surface area contributed by atoms with Gasteiger partial charge in [-0.2, -0.15) is 0 Å². The van der Waals surface area contributed by atoms with Crippen LogP contribution in [0, 0.1) is 5.92 Å². The lowest BCUT2D eigenvalue weighted by atomic mass is 9.91. The van der Waals surface area contributed by atoms with Crippen LogP contribution in [-0.4, -0.2) is 49.2 Å². The fraction of sp³-hybridized carbons (Fsp3) is 0.941. The van der Waals surface area contributed by atoms with E-state index in [4.69, 9.17) is 4.74 Å². The lowest BCUT2D eigenvalue weighted by molar-refractivity contribution is -0.153. The first-order valence-corrected chi connectivity index (χ1v) is 8.64. The number of nitrogens with zero attached hydrogens (tertiary/aromatic N) is 1. The molecule has 2 atom stereocenters. The van der Waals surface area contributed by atoms with Gasteiger partial charge in [0.05, 0.1) is 6.61 Å². The van der Waals surface area contributed by atoms with Gasteiger partial charge in [0.15, 0.2) is 0 Å². The van der Waals surface area contributed by atoms with Crippen LogP contribution in [0.15, 0.2) is 0 Å². The van der Waals surface area contributed by atoms with Gasteiger partial charge in [-0.1, -0.05) is 20.3 Å². The molecule has 1 saturated carbocycles. The first kappa shape index (κ1) is 18.4. The molecule has 0 radical (unpaired) electrons. The molecule has 0 aromatic heterocycles. The van der Waals surface area contributed by atoms with Gasteiger partial charge >= 0.3 is 5.97 Å². The van der Waals surface area contributed by atoms with Crippen LogP contribution in [0.5, 0.6) is 0 Å². The molecular weight excluding hydrogens is 264 g/mol. The number of rotatable bonds is 11. The Morgan fingerprint density at radius 3 is 2.48 bits per heavy atom. The van der Waals surface area contributed by atoms with Gasteiger partial charge in [-0.3, -0.25) is 0 Å². The summed E-state index contributed by atoms with van der Waals surface area (Å²) in [4.78, 5) is 15.0. The average molecular weight is 298 g/mol. The normalized spacial score (nSPS) is 19.3. The molecular formula is C17H34N2O2. The number of carbonyl (C=O) groups excluding carboxylic acids is 1. The Bertz CT molecular complexity index is 318. The third-order valence-corrected chi connectivity index (χ3v) is 4.56. The molecule has 1 aliphatic rings. The Morgan fingerprint density at radius 2 is 2.00 bits per heavy atom. The van der Waals surface area contributed by atoms with E-state index >= 15 is 0 Å². The smallest absolute Gasteiger partial charge is 0.327 e. The third-order valence-electron chi connectivity index (χ3n) is 4.56. The summed E-state index contributed by atoms with van der Waals surface area (Å²) < 4.78 is 5.42. The van der Waals surface area contributed by atoms with Crippen molar-refractivity contribution in [2.45, 2.75) is 71.4 Å². The minimum absolute atomic E-state index is 0.0588. The van der Waals surface area contributed by atoms with Gasteiger partial charge in [0.1, 0.15) is 5.54 Å². The lowest BCUT2D eigenvalue weighted by Gasteiger charge is -2.38. The molecule has 0 aliphatic heterocycles. The van der Waals surface area contributed by atoms with Crippen LogP contribution in [0.2, 0.25) is 0 Å². The van der Waals surface area contributed by atoms with Crippen molar-refractivity contribution in [3.8, 4) is 0 Å². The molecule has 1 aliphatic carbocycles. The van der Waals surface area contributed by atoms with Crippen molar-refractivity contribution in [1.29, 1.82) is 0 Å². The molecule has 0 amide bonds. The molecule has 0 heterocycles. The van der Waals surface area contributed by atoms with Gasteiger partial charge in [0.25, 0.3) is 0 Å². The van der Waals surface area contributed by atoms with Crippen LogP contribution in [-0.2, 0) is 9.53 Å². The number of esters is 1. The average Bonchev–Trinajstić information content (AvgIpc) is 3.28. The molecule has 0 saturated heterocycles. The highest BCUT2D eigenvalue weighted by molar-refractivity contribution is 5.82. The van der Waals surface area contributed by atoms with Crippen molar-refractivity contribution in [3.63, 3.8) is 0 Å². The Morgan fingerprint density at radius 1 is 1.33 bits per heavy atom. The second-order valence-corrected chi connectivity index (χ2v) is 6.45. The van der Waals surface area contributed by atoms with E-state index < -0.39 is 5.54 Å². The van der Waals surface area contributed by atoms with Crippen molar-refractivity contribution < 1.29 is 9.53 Å². The van der Waals surface area contributed by atoms with E-state index in [9.17, 15) is 4.79 Å². The SMILES string of the molecule is CCCNC(CN(C)C(C)CCC)(C(=O)OCC)C1CC1. The zero-order chi connectivity index (χ0) is 15.9. The quantitative estimate of drug-likeness (QED) is 0.596. The molecule has 1 fully saturated rings. The zero-order valence-corrected chi connectivity index (χ0v) is 14.6. The maximum atomic E-state index is 12.7. The van der Waals surface area contributed by atoms with Crippen LogP contribution in [0.4, 0.5) is 0 Å². The van der Waals surface area contributed by atoms with Gasteiger partial charge in [0, 0.05) is 12.6 Å². The molecule has 21 heavy (non-hydrogen) atoms. The molecule has 0 aromatic carbocycles. The Hall–Kier alpha value is -0.610. The van der Waals surface area contributed by atoms with Crippen molar-refractivity contribution in [2.75, 3.05) is 26.7 Å². The molecule has 2 unspecified atom stereocenters. The van der Waals surface area contributed by atoms with Gasteiger partial charge in [-0.05, 0) is 59.0 Å². The highest BCUT2D eigenvalue weighted by Gasteiger charge is 2.52. The predicted octanol–water partition coefficient (Wildman–Crippen LogP) is 2.82. The summed E-state index contributed by atoms with van der Waals surface area (Å²) in [6.45, 7) is 10.5. The van der Waals surface area contributed by atoms with Crippen LogP contribution in [0.25, 0.3) is 0 Å². The number of likely N-dealkylation sites (N-methyl/N-ethyl adjacent to an activating group) is 1. The molecule has 4 nitrogen and oxygen atoms in total. The molecule has 124 valence electrons. The predicted molar refractivity (Wildman–Crippen MR) is 87.4 cm³/mol. The van der Waals surface area contributed by atoms with Gasteiger partial charge in [-0.15, -0.1) is 0 Å². The van der Waals surface area contributed by atoms with Crippen LogP contribution in [0.1, 0.15) is 59.8 Å². The van der Waals surface area contributed by atoms with Crippen LogP contribution >= 0.6 is 0 Å². The fourth-order valence-electron chi connectivity index (χ4n) is 3.00. The minimum Gasteiger partial charge on any atom is -0.465 e. The first-order valence-electron chi connectivity index (χ1n) is 8.64. The number of nitrogens with one attached hydrogen (secondary N) is 1. The Kier molecular flexibility index (Phi) is 7.67. The number of ether oxygens (including phenoxy) is 1. The topological polar surface area (TPSA) is 41.6 Å². The van der Waals surface area contributed by atoms with E-state index in [1.54, 1.807) is 0 Å². The zero-order valence-electron chi connectivity index (χ0n) is 14.6. The molecule has 0 spiro atoms. The summed E-state index contributed by atoms with van der Waals surface area (Å²) in [5.74, 6) is 0.371. The molecule has 1 rings (SSSR count). The third kappa shape index (κ3) is 4.96. The van der Waals surface area contributed by atoms with Gasteiger partial charge in [-0.25, -0.2) is 4.79 Å². The van der Waals surface area contributed by atoms with Crippen molar-refractivity contribution in [3.05, 3.63) is 0 Å². The van der Waals surface area contributed by atoms with E-state index in [1.165, 1.54) is 6.42 Å². The number of carbonyl (C=O) groups is 1. The van der Waals surface area contributed by atoms with E-state index in [0.717, 1.165) is 38.8 Å².